The van der Waals surface area contributed by atoms with Gasteiger partial charge in [0.25, 0.3) is 0 Å². The van der Waals surface area contributed by atoms with Crippen molar-refractivity contribution in [2.75, 3.05) is 35.3 Å². The van der Waals surface area contributed by atoms with Crippen molar-refractivity contribution < 1.29 is 23.8 Å². The standard InChI is InChI=1S/C25H32FN3O4/c1-3-17(16-24(30)31)18-5-10-23(29(4-2)21-11-13-33-14-12-21)22(15-18)28-25(32)27-20-8-6-19(26)7-9-20/h5-10,15,17,21H,3-4,11-14,16H2,1-2H3,(H,30,31)(H2,27,28,32)/t17-/m1/s1. The number of carboxylic acids is 1. The van der Waals surface area contributed by atoms with Crippen molar-refractivity contribution in [2.45, 2.75) is 51.5 Å². The van der Waals surface area contributed by atoms with Crippen LogP contribution in [0.4, 0.5) is 26.2 Å². The monoisotopic (exact) mass is 457 g/mol. The van der Waals surface area contributed by atoms with E-state index in [9.17, 15) is 19.1 Å². The minimum Gasteiger partial charge on any atom is -0.481 e. The maximum Gasteiger partial charge on any atom is 0.323 e. The molecule has 0 aromatic heterocycles. The number of aliphatic carboxylic acids is 1. The Bertz CT molecular complexity index is 945. The summed E-state index contributed by atoms with van der Waals surface area (Å²) in [4.78, 5) is 26.4. The largest absolute Gasteiger partial charge is 0.481 e. The fourth-order valence-corrected chi connectivity index (χ4v) is 4.31. The van der Waals surface area contributed by atoms with E-state index >= 15 is 0 Å². The van der Waals surface area contributed by atoms with Crippen molar-refractivity contribution in [2.24, 2.45) is 0 Å². The smallest absolute Gasteiger partial charge is 0.323 e. The van der Waals surface area contributed by atoms with Crippen molar-refractivity contribution in [3.05, 3.63) is 53.8 Å². The fraction of sp³-hybridized carbons (Fsp3) is 0.440. The first-order valence-electron chi connectivity index (χ1n) is 11.4. The molecular weight excluding hydrogens is 425 g/mol. The summed E-state index contributed by atoms with van der Waals surface area (Å²) in [7, 11) is 0. The van der Waals surface area contributed by atoms with E-state index in [0.29, 0.717) is 31.0 Å². The van der Waals surface area contributed by atoms with Crippen LogP contribution in [0.5, 0.6) is 0 Å². The van der Waals surface area contributed by atoms with Gasteiger partial charge >= 0.3 is 12.0 Å². The summed E-state index contributed by atoms with van der Waals surface area (Å²) in [5.74, 6) is -1.39. The van der Waals surface area contributed by atoms with Gasteiger partial charge in [0.1, 0.15) is 5.82 Å². The van der Waals surface area contributed by atoms with Gasteiger partial charge in [0.05, 0.1) is 17.8 Å². The normalized spacial score (nSPS) is 15.0. The van der Waals surface area contributed by atoms with E-state index in [1.807, 2.05) is 25.1 Å². The number of halogens is 1. The quantitative estimate of drug-likeness (QED) is 0.466. The van der Waals surface area contributed by atoms with E-state index in [1.54, 1.807) is 0 Å². The molecule has 33 heavy (non-hydrogen) atoms. The zero-order valence-corrected chi connectivity index (χ0v) is 19.1. The topological polar surface area (TPSA) is 90.9 Å². The minimum absolute atomic E-state index is 0.0223. The maximum atomic E-state index is 13.2. The van der Waals surface area contributed by atoms with Gasteiger partial charge in [-0.3, -0.25) is 4.79 Å². The molecule has 0 unspecified atom stereocenters. The Morgan fingerprint density at radius 3 is 2.42 bits per heavy atom. The van der Waals surface area contributed by atoms with Crippen molar-refractivity contribution in [3.63, 3.8) is 0 Å². The van der Waals surface area contributed by atoms with Crippen LogP contribution in [0.3, 0.4) is 0 Å². The lowest BCUT2D eigenvalue weighted by atomic mass is 9.92. The molecule has 0 spiro atoms. The highest BCUT2D eigenvalue weighted by Crippen LogP contribution is 2.35. The Kier molecular flexibility index (Phi) is 8.65. The number of anilines is 3. The van der Waals surface area contributed by atoms with Gasteiger partial charge in [-0.25, -0.2) is 9.18 Å². The molecule has 3 rings (SSSR count). The van der Waals surface area contributed by atoms with E-state index in [-0.39, 0.29) is 24.2 Å². The molecule has 2 aromatic rings. The van der Waals surface area contributed by atoms with Crippen LogP contribution in [0.2, 0.25) is 0 Å². The molecule has 1 atom stereocenters. The van der Waals surface area contributed by atoms with E-state index in [4.69, 9.17) is 4.74 Å². The predicted molar refractivity (Wildman–Crippen MR) is 128 cm³/mol. The lowest BCUT2D eigenvalue weighted by molar-refractivity contribution is -0.137. The molecule has 7 nitrogen and oxygen atoms in total. The molecule has 0 saturated carbocycles. The third-order valence-electron chi connectivity index (χ3n) is 6.04. The van der Waals surface area contributed by atoms with Gasteiger partial charge in [-0.15, -0.1) is 0 Å². The van der Waals surface area contributed by atoms with Gasteiger partial charge in [-0.05, 0) is 74.1 Å². The summed E-state index contributed by atoms with van der Waals surface area (Å²) in [5.41, 5.74) is 2.83. The van der Waals surface area contributed by atoms with Gasteiger partial charge in [0, 0.05) is 31.5 Å². The number of amides is 2. The first-order valence-corrected chi connectivity index (χ1v) is 11.4. The van der Waals surface area contributed by atoms with E-state index in [0.717, 1.165) is 30.6 Å². The Morgan fingerprint density at radius 1 is 1.12 bits per heavy atom. The van der Waals surface area contributed by atoms with Crippen LogP contribution in [0.15, 0.2) is 42.5 Å². The SMILES string of the molecule is CC[C@H](CC(=O)O)c1ccc(N(CC)C2CCOCC2)c(NC(=O)Nc2ccc(F)cc2)c1. The van der Waals surface area contributed by atoms with Crippen LogP contribution in [-0.4, -0.2) is 42.9 Å². The molecular formula is C25H32FN3O4. The molecule has 0 radical (unpaired) electrons. The molecule has 1 fully saturated rings. The number of nitrogens with one attached hydrogen (secondary N) is 2. The maximum absolute atomic E-state index is 13.2. The Labute approximate surface area is 193 Å². The van der Waals surface area contributed by atoms with E-state index in [2.05, 4.69) is 22.5 Å². The van der Waals surface area contributed by atoms with Crippen molar-refractivity contribution in [3.8, 4) is 0 Å². The lowest BCUT2D eigenvalue weighted by Crippen LogP contribution is -2.40. The molecule has 2 amide bonds. The molecule has 1 saturated heterocycles. The number of nitrogens with zero attached hydrogens (tertiary/aromatic N) is 1. The molecule has 2 aromatic carbocycles. The van der Waals surface area contributed by atoms with Crippen LogP contribution in [-0.2, 0) is 9.53 Å². The van der Waals surface area contributed by atoms with E-state index < -0.39 is 12.0 Å². The summed E-state index contributed by atoms with van der Waals surface area (Å²) in [6, 6.07) is 11.2. The van der Waals surface area contributed by atoms with Gasteiger partial charge in [0.2, 0.25) is 0 Å². The number of benzene rings is 2. The van der Waals surface area contributed by atoms with Gasteiger partial charge in [-0.2, -0.15) is 0 Å². The number of hydrogen-bond donors (Lipinski definition) is 3. The molecule has 1 aliphatic rings. The number of hydrogen-bond acceptors (Lipinski definition) is 4. The average molecular weight is 458 g/mol. The molecule has 8 heteroatoms. The number of carbonyl (C=O) groups excluding carboxylic acids is 1. The number of rotatable bonds is 9. The van der Waals surface area contributed by atoms with Crippen LogP contribution < -0.4 is 15.5 Å². The third kappa shape index (κ3) is 6.68. The summed E-state index contributed by atoms with van der Waals surface area (Å²) in [5, 5.41) is 15.0. The Balaban J connectivity index is 1.91. The second-order valence-electron chi connectivity index (χ2n) is 8.20. The summed E-state index contributed by atoms with van der Waals surface area (Å²) in [6.07, 6.45) is 2.49. The highest BCUT2D eigenvalue weighted by Gasteiger charge is 2.24. The van der Waals surface area contributed by atoms with Crippen LogP contribution in [0.25, 0.3) is 0 Å². The van der Waals surface area contributed by atoms with Crippen LogP contribution in [0, 0.1) is 5.82 Å². The molecule has 1 aliphatic heterocycles. The van der Waals surface area contributed by atoms with Crippen molar-refractivity contribution in [1.82, 2.24) is 0 Å². The average Bonchev–Trinajstić information content (AvgIpc) is 2.81. The van der Waals surface area contributed by atoms with Crippen LogP contribution in [0.1, 0.15) is 51.0 Å². The van der Waals surface area contributed by atoms with E-state index in [1.165, 1.54) is 24.3 Å². The molecule has 178 valence electrons. The van der Waals surface area contributed by atoms with Gasteiger partial charge in [-0.1, -0.05) is 13.0 Å². The third-order valence-corrected chi connectivity index (χ3v) is 6.04. The molecule has 3 N–H and O–H groups in total. The number of carbonyl (C=O) groups is 2. The first-order chi connectivity index (χ1) is 15.9. The number of ether oxygens (including phenoxy) is 1. The summed E-state index contributed by atoms with van der Waals surface area (Å²) in [6.45, 7) is 6.18. The minimum atomic E-state index is -0.855. The zero-order valence-electron chi connectivity index (χ0n) is 19.1. The highest BCUT2D eigenvalue weighted by atomic mass is 19.1. The second-order valence-corrected chi connectivity index (χ2v) is 8.20. The summed E-state index contributed by atoms with van der Waals surface area (Å²) >= 11 is 0. The molecule has 0 bridgehead atoms. The predicted octanol–water partition coefficient (Wildman–Crippen LogP) is 5.44. The number of urea groups is 1. The van der Waals surface area contributed by atoms with Gasteiger partial charge < -0.3 is 25.4 Å². The van der Waals surface area contributed by atoms with Crippen LogP contribution >= 0.6 is 0 Å². The summed E-state index contributed by atoms with van der Waals surface area (Å²) < 4.78 is 18.7. The number of carboxylic acid groups (broad SMARTS) is 1. The highest BCUT2D eigenvalue weighted by molar-refractivity contribution is 6.02. The van der Waals surface area contributed by atoms with Crippen molar-refractivity contribution >= 4 is 29.1 Å². The fourth-order valence-electron chi connectivity index (χ4n) is 4.31. The molecule has 0 aliphatic carbocycles. The van der Waals surface area contributed by atoms with Gasteiger partial charge in [0.15, 0.2) is 0 Å². The van der Waals surface area contributed by atoms with Crippen molar-refractivity contribution in [1.29, 1.82) is 0 Å². The Hall–Kier alpha value is -3.13. The lowest BCUT2D eigenvalue weighted by Gasteiger charge is -2.36. The molecule has 1 heterocycles. The Morgan fingerprint density at radius 2 is 1.82 bits per heavy atom. The second kappa shape index (κ2) is 11.7. The first kappa shape index (κ1) is 24.5. The zero-order chi connectivity index (χ0) is 23.8.